The molecule has 0 N–H and O–H groups in total. The zero-order valence-electron chi connectivity index (χ0n) is 72.9. The van der Waals surface area contributed by atoms with Gasteiger partial charge in [0.2, 0.25) is 0 Å². The van der Waals surface area contributed by atoms with E-state index in [-0.39, 0.29) is 22.3 Å². The fraction of sp³-hybridized carbons (Fsp3) is 0.640. The first-order valence-corrected chi connectivity index (χ1v) is 53.0. The topological polar surface area (TPSA) is 51.6 Å². The minimum absolute atomic E-state index is 0.157. The van der Waals surface area contributed by atoms with Crippen molar-refractivity contribution in [1.29, 1.82) is 0 Å². The first-order chi connectivity index (χ1) is 56.8. The molecule has 4 unspecified atom stereocenters. The Morgan fingerprint density at radius 1 is 0.250 bits per heavy atom. The molecule has 0 amide bonds. The number of nitrogens with zero attached hydrogens (tertiary/aromatic N) is 4. The lowest BCUT2D eigenvalue weighted by atomic mass is 9.88. The molecule has 10 aromatic rings. The third-order valence-corrected chi connectivity index (χ3v) is 33.3. The van der Waals surface area contributed by atoms with Crippen molar-refractivity contribution in [3.8, 4) is 71.0 Å². The quantitative estimate of drug-likeness (QED) is 0.0282. The second-order valence-electron chi connectivity index (χ2n) is 34.5. The maximum Gasteiger partial charge on any atom is 0.170 e. The molecule has 2 aromatic carbocycles. The number of benzene rings is 2. The van der Waals surface area contributed by atoms with Crippen molar-refractivity contribution in [2.75, 3.05) is 0 Å². The van der Waals surface area contributed by atoms with Crippen LogP contribution < -0.4 is 0 Å². The molecular weight excluding hydrogens is 1590 g/mol. The van der Waals surface area contributed by atoms with Gasteiger partial charge in [0.25, 0.3) is 0 Å². The van der Waals surface area contributed by atoms with Crippen LogP contribution in [0.4, 0.5) is 17.6 Å². The fourth-order valence-corrected chi connectivity index (χ4v) is 26.3. The van der Waals surface area contributed by atoms with Crippen molar-refractivity contribution >= 4 is 114 Å². The lowest BCUT2D eigenvalue weighted by molar-refractivity contribution is 0.402. The summed E-state index contributed by atoms with van der Waals surface area (Å²) in [6.45, 7) is 22.7. The Balaban J connectivity index is 1.11. The van der Waals surface area contributed by atoms with Crippen LogP contribution in [0.15, 0.2) is 48.5 Å². The SMILES string of the molecule is CCCCCCCCC(CCCCCC)Cc1cc(-c2c(F)c(F)c(-c3cc(CC(CCCCCC)CCCCCCCC)c(-c4cc(CC(CCCCCC)CCCCCCC)c(-c5ccc(-c6c(F)c(F)c(-c7ccc(C)s7)c7nsnc67)s5)s4)s3)c3nsnc23)sc1-c1cc(CC(CCCCCC)CCCCCCC)c(C)s1. The monoisotopic (exact) mass is 1730 g/mol. The van der Waals surface area contributed by atoms with Gasteiger partial charge in [-0.05, 0) is 134 Å². The summed E-state index contributed by atoms with van der Waals surface area (Å²) in [6.07, 6.45) is 60.5. The summed E-state index contributed by atoms with van der Waals surface area (Å²) in [7, 11) is 0. The lowest BCUT2D eigenvalue weighted by Crippen LogP contribution is -2.06. The van der Waals surface area contributed by atoms with Gasteiger partial charge in [0.15, 0.2) is 23.3 Å². The molecule has 0 saturated carbocycles. The molecule has 0 aliphatic heterocycles. The second kappa shape index (κ2) is 51.2. The Kier molecular flexibility index (Phi) is 41.6. The first-order valence-electron chi connectivity index (χ1n) is 46.7. The van der Waals surface area contributed by atoms with Crippen molar-refractivity contribution in [3.63, 3.8) is 0 Å². The number of unbranched alkanes of at least 4 members (excludes halogenated alkanes) is 30. The van der Waals surface area contributed by atoms with E-state index in [1.165, 1.54) is 329 Å². The molecule has 0 aliphatic carbocycles. The lowest BCUT2D eigenvalue weighted by Gasteiger charge is -2.18. The normalized spacial score (nSPS) is 13.1. The molecule has 0 radical (unpaired) electrons. The van der Waals surface area contributed by atoms with E-state index in [4.69, 9.17) is 13.1 Å². The number of rotatable bonds is 61. The van der Waals surface area contributed by atoms with Gasteiger partial charge in [-0.15, -0.1) is 68.0 Å². The van der Waals surface area contributed by atoms with Crippen LogP contribution in [-0.2, 0) is 25.7 Å². The number of fused-ring (bicyclic) bond motifs is 2. The van der Waals surface area contributed by atoms with E-state index < -0.39 is 23.3 Å². The molecule has 0 spiro atoms. The highest BCUT2D eigenvalue weighted by Crippen LogP contribution is 2.54. The van der Waals surface area contributed by atoms with Gasteiger partial charge in [0.1, 0.15) is 22.1 Å². The van der Waals surface area contributed by atoms with Crippen LogP contribution >= 0.6 is 91.5 Å². The Bertz CT molecular complexity index is 4460. The Morgan fingerprint density at radius 3 is 0.819 bits per heavy atom. The molecule has 16 heteroatoms. The molecule has 0 bridgehead atoms. The summed E-state index contributed by atoms with van der Waals surface area (Å²) in [4.78, 5) is 11.9. The summed E-state index contributed by atoms with van der Waals surface area (Å²) in [6, 6.07) is 17.3. The summed E-state index contributed by atoms with van der Waals surface area (Å²) in [5.41, 5.74) is 7.62. The predicted octanol–water partition coefficient (Wildman–Crippen LogP) is 37.6. The van der Waals surface area contributed by atoms with Crippen LogP contribution in [-0.4, -0.2) is 17.5 Å². The number of hydrogen-bond donors (Lipinski definition) is 0. The van der Waals surface area contributed by atoms with Crippen molar-refractivity contribution in [2.45, 2.75) is 390 Å². The van der Waals surface area contributed by atoms with Crippen molar-refractivity contribution in [3.05, 3.63) is 104 Å². The highest BCUT2D eigenvalue weighted by atomic mass is 32.1. The minimum Gasteiger partial charge on any atom is -0.203 e. The van der Waals surface area contributed by atoms with E-state index in [9.17, 15) is 0 Å². The van der Waals surface area contributed by atoms with E-state index in [0.717, 1.165) is 104 Å². The highest BCUT2D eigenvalue weighted by Gasteiger charge is 2.33. The van der Waals surface area contributed by atoms with Crippen molar-refractivity contribution < 1.29 is 17.6 Å². The van der Waals surface area contributed by atoms with Crippen LogP contribution in [0.2, 0.25) is 0 Å². The number of hydrogen-bond acceptors (Lipinski definition) is 12. The van der Waals surface area contributed by atoms with Gasteiger partial charge in [0, 0.05) is 58.5 Å². The maximum atomic E-state index is 18.8. The Morgan fingerprint density at radius 2 is 0.491 bits per heavy atom. The van der Waals surface area contributed by atoms with Crippen LogP contribution in [0.1, 0.15) is 383 Å². The molecule has 8 heterocycles. The van der Waals surface area contributed by atoms with Crippen LogP contribution in [0, 0.1) is 60.8 Å². The van der Waals surface area contributed by atoms with E-state index >= 15 is 17.6 Å². The zero-order valence-corrected chi connectivity index (χ0v) is 79.4. The summed E-state index contributed by atoms with van der Waals surface area (Å²) >= 11 is 12.0. The first kappa shape index (κ1) is 94.3. The van der Waals surface area contributed by atoms with Gasteiger partial charge in [-0.1, -0.05) is 351 Å². The van der Waals surface area contributed by atoms with E-state index in [2.05, 4.69) is 97.0 Å². The highest BCUT2D eigenvalue weighted by molar-refractivity contribution is 7.28. The summed E-state index contributed by atoms with van der Waals surface area (Å²) < 4.78 is 91.0. The molecular formula is C100H142F4N4S8. The van der Waals surface area contributed by atoms with Gasteiger partial charge in [-0.3, -0.25) is 0 Å². The Labute approximate surface area is 731 Å². The van der Waals surface area contributed by atoms with E-state index in [1.54, 1.807) is 34.0 Å². The number of aromatic nitrogens is 4. The van der Waals surface area contributed by atoms with Gasteiger partial charge < -0.3 is 0 Å². The van der Waals surface area contributed by atoms with Crippen LogP contribution in [0.3, 0.4) is 0 Å². The number of thiophene rings is 6. The van der Waals surface area contributed by atoms with Crippen molar-refractivity contribution in [1.82, 2.24) is 17.5 Å². The standard InChI is InChI=1S/C100H142F4N4S8/c1-11-19-27-35-39-47-55-72(50-42-32-24-16-6)62-76-66-82(112-99(76)84-65-75(70(10)110-84)61-71(49-41-31-23-15-5)53-45-37-29-21-13-3)88-92(103)93(104)89(97-96(88)107-116-108-97)83-67-77(63-73(51-43-33-25-17-7)56-48-40-36-28-20-12-2)100(113-83)85-68-78(64-74(52-44-34-26-18-8)54-46-38-30-22-14-4)98(114-85)81-60-59-80(111-81)87-91(102)90(101)86(79-58-57-69(9)109-79)94-95(87)106-115-105-94/h57-60,65-68,71-74H,11-56,61-64H2,1-10H3. The third-order valence-electron chi connectivity index (χ3n) is 24.9. The van der Waals surface area contributed by atoms with Crippen LogP contribution in [0.5, 0.6) is 0 Å². The summed E-state index contributed by atoms with van der Waals surface area (Å²) in [5, 5.41) is 0. The van der Waals surface area contributed by atoms with E-state index in [0.29, 0.717) is 60.4 Å². The average molecular weight is 1730 g/mol. The molecule has 10 rings (SSSR count). The number of halogens is 4. The maximum absolute atomic E-state index is 18.8. The molecule has 8 aromatic heterocycles. The molecule has 0 fully saturated rings. The molecule has 116 heavy (non-hydrogen) atoms. The third kappa shape index (κ3) is 27.0. The molecule has 638 valence electrons. The number of aryl methyl sites for hydroxylation is 2. The van der Waals surface area contributed by atoms with Gasteiger partial charge in [-0.25, -0.2) is 17.6 Å². The Hall–Kier alpha value is -4.00. The zero-order chi connectivity index (χ0) is 82.0. The smallest absolute Gasteiger partial charge is 0.170 e. The fourth-order valence-electron chi connectivity index (χ4n) is 18.1. The largest absolute Gasteiger partial charge is 0.203 e. The minimum atomic E-state index is -0.901. The van der Waals surface area contributed by atoms with Gasteiger partial charge in [-0.2, -0.15) is 17.5 Å². The predicted molar refractivity (Wildman–Crippen MR) is 510 cm³/mol. The molecule has 4 nitrogen and oxygen atoms in total. The average Bonchev–Trinajstić information content (AvgIpc) is 1.57. The molecule has 0 aliphatic rings. The van der Waals surface area contributed by atoms with E-state index in [1.807, 2.05) is 36.5 Å². The van der Waals surface area contributed by atoms with Crippen molar-refractivity contribution in [2.24, 2.45) is 23.7 Å². The molecule has 0 saturated heterocycles. The molecule has 4 atom stereocenters. The van der Waals surface area contributed by atoms with Gasteiger partial charge in [0.05, 0.1) is 45.7 Å². The van der Waals surface area contributed by atoms with Crippen LogP contribution in [0.25, 0.3) is 93.1 Å². The second-order valence-corrected chi connectivity index (χ2v) is 42.4. The summed E-state index contributed by atoms with van der Waals surface area (Å²) in [5.74, 6) is -1.46. The van der Waals surface area contributed by atoms with Gasteiger partial charge >= 0.3 is 0 Å².